The molecule has 4 nitrogen and oxygen atoms in total. The van der Waals surface area contributed by atoms with Gasteiger partial charge in [-0.15, -0.1) is 0 Å². The van der Waals surface area contributed by atoms with Crippen LogP contribution < -0.4 is 27.8 Å². The second-order valence-corrected chi connectivity index (χ2v) is 16.9. The molecule has 2 aliphatic carbocycles. The molecule has 2 aromatic carbocycles. The van der Waals surface area contributed by atoms with E-state index in [0.717, 1.165) is 49.9 Å². The second-order valence-electron chi connectivity index (χ2n) is 10.2. The van der Waals surface area contributed by atoms with Crippen molar-refractivity contribution in [2.75, 3.05) is 13.1 Å². The molecule has 43 heavy (non-hydrogen) atoms. The zero-order valence-corrected chi connectivity index (χ0v) is 27.3. The van der Waals surface area contributed by atoms with Crippen LogP contribution in [0.2, 0.25) is 0 Å². The molecule has 0 bridgehead atoms. The molecule has 4 rings (SSSR count). The molecule has 2 N–H and O–H groups in total. The Bertz CT molecular complexity index is 1400. The molecule has 0 saturated carbocycles. The number of halogens is 4. The number of nitrogens with one attached hydrogen (secondary N) is 2. The molecule has 0 unspecified atom stereocenters. The number of hydrogen-bond acceptors (Lipinski definition) is 4. The van der Waals surface area contributed by atoms with E-state index >= 15 is 17.6 Å². The molecule has 228 valence electrons. The van der Waals surface area contributed by atoms with Gasteiger partial charge in [-0.3, -0.25) is 0 Å². The number of thiocarbonyl (C=S) groups is 2. The molecule has 0 spiro atoms. The predicted molar refractivity (Wildman–Crippen MR) is 168 cm³/mol. The number of hydrogen-bond donors (Lipinski definition) is 2. The Hall–Kier alpha value is -2.79. The van der Waals surface area contributed by atoms with Crippen molar-refractivity contribution in [1.82, 2.24) is 10.6 Å². The van der Waals surface area contributed by atoms with Gasteiger partial charge >= 0.3 is 265 Å². The fourth-order valence-electron chi connectivity index (χ4n) is 5.34. The van der Waals surface area contributed by atoms with Crippen LogP contribution >= 0.6 is 24.4 Å². The summed E-state index contributed by atoms with van der Waals surface area (Å²) in [5.74, 6) is -4.57. The third kappa shape index (κ3) is 7.14. The van der Waals surface area contributed by atoms with E-state index in [-0.39, 0.29) is 34.7 Å². The summed E-state index contributed by atoms with van der Waals surface area (Å²) in [6.45, 7) is 5.05. The van der Waals surface area contributed by atoms with Crippen molar-refractivity contribution >= 4 is 42.5 Å². The number of benzene rings is 2. The Labute approximate surface area is 264 Å². The van der Waals surface area contributed by atoms with Crippen molar-refractivity contribution in [3.8, 4) is 11.5 Å². The first kappa shape index (κ1) is 33.1. The Kier molecular flexibility index (Phi) is 11.8. The Morgan fingerprint density at radius 3 is 1.49 bits per heavy atom. The van der Waals surface area contributed by atoms with Gasteiger partial charge in [0.2, 0.25) is 0 Å². The molecular formula is C32H34F4N2O2S2Ti. The van der Waals surface area contributed by atoms with Crippen LogP contribution in [0.15, 0.2) is 68.5 Å². The van der Waals surface area contributed by atoms with Gasteiger partial charge in [0.05, 0.1) is 0 Å². The maximum atomic E-state index is 16.7. The van der Waals surface area contributed by atoms with Crippen molar-refractivity contribution in [3.05, 3.63) is 91.7 Å². The molecule has 0 atom stereocenters. The molecule has 0 saturated heterocycles. The van der Waals surface area contributed by atoms with Gasteiger partial charge in [-0.25, -0.2) is 0 Å². The Morgan fingerprint density at radius 1 is 0.721 bits per heavy atom. The molecule has 0 amide bonds. The summed E-state index contributed by atoms with van der Waals surface area (Å²) in [5, 5.41) is 5.64. The minimum absolute atomic E-state index is 0.0802. The number of ether oxygens (including phenoxy) is 2. The molecule has 0 aromatic heterocycles. The average molecular weight is 667 g/mol. The molecule has 2 aromatic rings. The van der Waals surface area contributed by atoms with Gasteiger partial charge in [-0.1, -0.05) is 0 Å². The van der Waals surface area contributed by atoms with E-state index in [1.54, 1.807) is 24.3 Å². The normalized spacial score (nSPS) is 14.0. The fourth-order valence-corrected chi connectivity index (χ4v) is 14.0. The number of rotatable bonds is 12. The Morgan fingerprint density at radius 2 is 1.14 bits per heavy atom. The summed E-state index contributed by atoms with van der Waals surface area (Å²) >= 11 is 5.43. The van der Waals surface area contributed by atoms with E-state index in [9.17, 15) is 0 Å². The van der Waals surface area contributed by atoms with Crippen molar-refractivity contribution < 1.29 is 43.6 Å². The topological polar surface area (TPSA) is 42.5 Å². The van der Waals surface area contributed by atoms with E-state index in [4.69, 9.17) is 33.9 Å². The SMILES string of the molecule is CCCCNC(=S)Oc1ccc(F)[c]([Ti]([C]2=CC=CC2)([C]2=CC=CC2)[c]2c(F)ccc(OC(=S)NCCCC)c2F)c1F. The number of allylic oxidation sites excluding steroid dienone is 8. The first-order valence-corrected chi connectivity index (χ1v) is 18.3. The molecule has 0 radical (unpaired) electrons. The number of unbranched alkanes of at least 4 members (excludes halogenated alkanes) is 2. The van der Waals surface area contributed by atoms with Gasteiger partial charge in [0.25, 0.3) is 0 Å². The fraction of sp³-hybridized carbons (Fsp3) is 0.312. The average Bonchev–Trinajstić information content (AvgIpc) is 3.71. The van der Waals surface area contributed by atoms with E-state index < -0.39 is 47.6 Å². The van der Waals surface area contributed by atoms with Crippen LogP contribution in [0.25, 0.3) is 0 Å². The zero-order chi connectivity index (χ0) is 31.0. The van der Waals surface area contributed by atoms with Gasteiger partial charge < -0.3 is 0 Å². The van der Waals surface area contributed by atoms with Crippen molar-refractivity contribution in [2.24, 2.45) is 0 Å². The van der Waals surface area contributed by atoms with Gasteiger partial charge in [0, 0.05) is 0 Å². The molecule has 0 heterocycles. The van der Waals surface area contributed by atoms with Crippen molar-refractivity contribution in [1.29, 1.82) is 0 Å². The standard InChI is InChI=1S/2C11H12F2NOS.2C5H5.Ti/c2*1-2-3-6-14-11(16)15-10-5-4-8(12)7-9(10)13;2*1-2-4-5-3-1;/h2*4-5H,2-3,6H2,1H3,(H,14,16);2*1-3H,4H2;. The van der Waals surface area contributed by atoms with Crippen molar-refractivity contribution in [2.45, 2.75) is 52.4 Å². The molecule has 11 heteroatoms. The van der Waals surface area contributed by atoms with Crippen LogP contribution in [0.5, 0.6) is 11.5 Å². The summed E-state index contributed by atoms with van der Waals surface area (Å²) in [6.07, 6.45) is 14.5. The quantitative estimate of drug-likeness (QED) is 0.109. The van der Waals surface area contributed by atoms with Gasteiger partial charge in [0.15, 0.2) is 0 Å². The molecule has 2 aliphatic rings. The van der Waals surface area contributed by atoms with Crippen LogP contribution in [0.3, 0.4) is 0 Å². The van der Waals surface area contributed by atoms with Gasteiger partial charge in [-0.05, 0) is 0 Å². The van der Waals surface area contributed by atoms with Crippen LogP contribution in [-0.2, 0) is 16.6 Å². The molecular weight excluding hydrogens is 632 g/mol. The summed E-state index contributed by atoms with van der Waals surface area (Å²) in [7, 11) is 0. The van der Waals surface area contributed by atoms with E-state index in [2.05, 4.69) is 10.6 Å². The monoisotopic (exact) mass is 666 g/mol. The van der Waals surface area contributed by atoms with Gasteiger partial charge in [-0.2, -0.15) is 0 Å². The second kappa shape index (κ2) is 15.3. The first-order chi connectivity index (χ1) is 20.7. The summed E-state index contributed by atoms with van der Waals surface area (Å²) in [5.41, 5.74) is 0. The molecule has 0 fully saturated rings. The summed E-state index contributed by atoms with van der Waals surface area (Å²) < 4.78 is 77.3. The van der Waals surface area contributed by atoms with Crippen LogP contribution in [-0.4, -0.2) is 23.4 Å². The third-order valence-corrected chi connectivity index (χ3v) is 15.8. The van der Waals surface area contributed by atoms with Crippen LogP contribution in [0.1, 0.15) is 52.4 Å². The maximum absolute atomic E-state index is 16.7. The zero-order valence-electron chi connectivity index (χ0n) is 24.1. The molecule has 0 aliphatic heterocycles. The predicted octanol–water partition coefficient (Wildman–Crippen LogP) is 7.14. The van der Waals surface area contributed by atoms with Crippen LogP contribution in [0.4, 0.5) is 17.6 Å². The summed E-state index contributed by atoms with van der Waals surface area (Å²) in [4.78, 5) is 0. The Balaban J connectivity index is 1.94. The minimum atomic E-state index is -5.06. The van der Waals surface area contributed by atoms with E-state index in [1.165, 1.54) is 0 Å². The van der Waals surface area contributed by atoms with Crippen LogP contribution in [0, 0.1) is 23.3 Å². The first-order valence-electron chi connectivity index (χ1n) is 14.4. The van der Waals surface area contributed by atoms with E-state index in [0.29, 0.717) is 20.8 Å². The summed E-state index contributed by atoms with van der Waals surface area (Å²) in [6, 6.07) is 4.42. The third-order valence-electron chi connectivity index (χ3n) is 7.37. The van der Waals surface area contributed by atoms with E-state index in [1.807, 2.05) is 26.0 Å². The van der Waals surface area contributed by atoms with Gasteiger partial charge in [0.1, 0.15) is 0 Å². The van der Waals surface area contributed by atoms with Crippen molar-refractivity contribution in [3.63, 3.8) is 0 Å².